The third-order valence-corrected chi connectivity index (χ3v) is 3.80. The van der Waals surface area contributed by atoms with Gasteiger partial charge in [0.15, 0.2) is 0 Å². The molecule has 0 radical (unpaired) electrons. The van der Waals surface area contributed by atoms with Gasteiger partial charge in [0.25, 0.3) is 0 Å². The zero-order chi connectivity index (χ0) is 14.2. The summed E-state index contributed by atoms with van der Waals surface area (Å²) in [7, 11) is 1.86. The van der Waals surface area contributed by atoms with Gasteiger partial charge in [-0.05, 0) is 24.5 Å². The second-order valence-electron chi connectivity index (χ2n) is 5.06. The molecular formula is C14H17BrClN3. The Hall–Kier alpha value is -1.00. The van der Waals surface area contributed by atoms with Gasteiger partial charge in [0.05, 0.1) is 10.7 Å². The molecule has 0 unspecified atom stereocenters. The lowest BCUT2D eigenvalue weighted by molar-refractivity contribution is 0.648. The third-order valence-electron chi connectivity index (χ3n) is 2.99. The molecule has 0 saturated heterocycles. The molecule has 0 fully saturated rings. The molecule has 0 bridgehead atoms. The van der Waals surface area contributed by atoms with E-state index in [4.69, 9.17) is 17.3 Å². The highest BCUT2D eigenvalue weighted by atomic mass is 79.9. The van der Waals surface area contributed by atoms with Crippen molar-refractivity contribution in [2.24, 2.45) is 13.0 Å². The molecule has 0 saturated carbocycles. The summed E-state index contributed by atoms with van der Waals surface area (Å²) in [6.07, 6.45) is 0.890. The minimum Gasteiger partial charge on any atom is -0.384 e. The van der Waals surface area contributed by atoms with Crippen molar-refractivity contribution in [2.75, 3.05) is 5.73 Å². The van der Waals surface area contributed by atoms with Gasteiger partial charge in [0.2, 0.25) is 0 Å². The minimum atomic E-state index is 0.513. The van der Waals surface area contributed by atoms with E-state index in [1.54, 1.807) is 4.68 Å². The van der Waals surface area contributed by atoms with Crippen LogP contribution in [0.3, 0.4) is 0 Å². The minimum absolute atomic E-state index is 0.513. The molecule has 0 atom stereocenters. The summed E-state index contributed by atoms with van der Waals surface area (Å²) in [5.41, 5.74) is 8.99. The van der Waals surface area contributed by atoms with Crippen LogP contribution < -0.4 is 5.73 Å². The number of aryl methyl sites for hydroxylation is 1. The molecule has 0 aliphatic carbocycles. The second-order valence-corrected chi connectivity index (χ2v) is 6.38. The Balaban J connectivity index is 2.58. The zero-order valence-electron chi connectivity index (χ0n) is 11.2. The quantitative estimate of drug-likeness (QED) is 0.904. The first kappa shape index (κ1) is 14.4. The average molecular weight is 343 g/mol. The van der Waals surface area contributed by atoms with Crippen LogP contribution in [0.25, 0.3) is 11.3 Å². The Morgan fingerprint density at radius 2 is 2.11 bits per heavy atom. The van der Waals surface area contributed by atoms with E-state index in [9.17, 15) is 0 Å². The Kier molecular flexibility index (Phi) is 4.21. The van der Waals surface area contributed by atoms with Gasteiger partial charge in [0, 0.05) is 22.6 Å². The van der Waals surface area contributed by atoms with Gasteiger partial charge in [0.1, 0.15) is 5.82 Å². The average Bonchev–Trinajstić information content (AvgIpc) is 2.57. The standard InChI is InChI=1S/C14H17BrClN3/c1-8(2)6-11-13(18-19(3)14(11)17)10-5-4-9(15)7-12(10)16/h4-5,7-8H,6,17H2,1-3H3. The third kappa shape index (κ3) is 2.95. The van der Waals surface area contributed by atoms with Gasteiger partial charge in [-0.25, -0.2) is 0 Å². The normalized spacial score (nSPS) is 11.3. The summed E-state index contributed by atoms with van der Waals surface area (Å²) in [5.74, 6) is 1.22. The van der Waals surface area contributed by atoms with Gasteiger partial charge in [-0.1, -0.05) is 47.4 Å². The van der Waals surface area contributed by atoms with Crippen LogP contribution in [0.15, 0.2) is 22.7 Å². The molecule has 0 aliphatic rings. The van der Waals surface area contributed by atoms with Crippen LogP contribution >= 0.6 is 27.5 Å². The molecule has 19 heavy (non-hydrogen) atoms. The summed E-state index contributed by atoms with van der Waals surface area (Å²) >= 11 is 9.73. The molecule has 5 heteroatoms. The number of nitrogen functional groups attached to an aromatic ring is 1. The SMILES string of the molecule is CC(C)Cc1c(-c2ccc(Br)cc2Cl)nn(C)c1N. The molecule has 1 heterocycles. The van der Waals surface area contributed by atoms with Gasteiger partial charge in [-0.2, -0.15) is 5.10 Å². The highest BCUT2D eigenvalue weighted by Gasteiger charge is 2.18. The number of anilines is 1. The Labute approximate surface area is 126 Å². The topological polar surface area (TPSA) is 43.8 Å². The summed E-state index contributed by atoms with van der Waals surface area (Å²) in [5, 5.41) is 5.19. The van der Waals surface area contributed by atoms with Gasteiger partial charge in [-0.15, -0.1) is 0 Å². The van der Waals surface area contributed by atoms with Gasteiger partial charge < -0.3 is 5.73 Å². The fourth-order valence-electron chi connectivity index (χ4n) is 2.09. The van der Waals surface area contributed by atoms with E-state index in [1.165, 1.54) is 0 Å². The fraction of sp³-hybridized carbons (Fsp3) is 0.357. The number of hydrogen-bond donors (Lipinski definition) is 1. The van der Waals surface area contributed by atoms with Crippen molar-refractivity contribution in [2.45, 2.75) is 20.3 Å². The van der Waals surface area contributed by atoms with E-state index < -0.39 is 0 Å². The van der Waals surface area contributed by atoms with Crippen molar-refractivity contribution >= 4 is 33.3 Å². The Bertz CT molecular complexity index is 605. The number of aromatic nitrogens is 2. The Morgan fingerprint density at radius 3 is 2.68 bits per heavy atom. The number of halogens is 2. The lowest BCUT2D eigenvalue weighted by Gasteiger charge is -2.08. The first-order valence-electron chi connectivity index (χ1n) is 6.17. The number of rotatable bonds is 3. The molecule has 2 aromatic rings. The van der Waals surface area contributed by atoms with Gasteiger partial charge >= 0.3 is 0 Å². The van der Waals surface area contributed by atoms with Crippen LogP contribution in [-0.4, -0.2) is 9.78 Å². The van der Waals surface area contributed by atoms with E-state index in [-0.39, 0.29) is 0 Å². The van der Waals surface area contributed by atoms with Crippen LogP contribution in [0.2, 0.25) is 5.02 Å². The van der Waals surface area contributed by atoms with Crippen LogP contribution in [0, 0.1) is 5.92 Å². The molecule has 1 aromatic heterocycles. The maximum atomic E-state index is 6.31. The Morgan fingerprint density at radius 1 is 1.42 bits per heavy atom. The second kappa shape index (κ2) is 5.55. The summed E-state index contributed by atoms with van der Waals surface area (Å²) in [6.45, 7) is 4.33. The highest BCUT2D eigenvalue weighted by molar-refractivity contribution is 9.10. The number of nitrogens with two attached hydrogens (primary N) is 1. The monoisotopic (exact) mass is 341 g/mol. The van der Waals surface area contributed by atoms with Crippen molar-refractivity contribution in [1.29, 1.82) is 0 Å². The van der Waals surface area contributed by atoms with E-state index in [1.807, 2.05) is 25.2 Å². The fourth-order valence-corrected chi connectivity index (χ4v) is 2.85. The highest BCUT2D eigenvalue weighted by Crippen LogP contribution is 2.34. The van der Waals surface area contributed by atoms with Crippen molar-refractivity contribution in [3.05, 3.63) is 33.3 Å². The van der Waals surface area contributed by atoms with Crippen molar-refractivity contribution in [3.63, 3.8) is 0 Å². The lowest BCUT2D eigenvalue weighted by Crippen LogP contribution is -2.02. The molecule has 102 valence electrons. The first-order valence-corrected chi connectivity index (χ1v) is 7.34. The number of benzene rings is 1. The first-order chi connectivity index (χ1) is 8.90. The molecule has 0 aliphatic heterocycles. The zero-order valence-corrected chi connectivity index (χ0v) is 13.6. The predicted octanol–water partition coefficient (Wildman–Crippen LogP) is 4.28. The molecule has 2 rings (SSSR count). The van der Waals surface area contributed by atoms with E-state index >= 15 is 0 Å². The van der Waals surface area contributed by atoms with Crippen molar-refractivity contribution in [1.82, 2.24) is 9.78 Å². The van der Waals surface area contributed by atoms with Crippen LogP contribution in [-0.2, 0) is 13.5 Å². The largest absolute Gasteiger partial charge is 0.384 e. The molecule has 3 nitrogen and oxygen atoms in total. The number of nitrogens with zero attached hydrogens (tertiary/aromatic N) is 2. The summed E-state index contributed by atoms with van der Waals surface area (Å²) in [4.78, 5) is 0. The molecular weight excluding hydrogens is 326 g/mol. The summed E-state index contributed by atoms with van der Waals surface area (Å²) in [6, 6.07) is 5.81. The van der Waals surface area contributed by atoms with Crippen molar-refractivity contribution in [3.8, 4) is 11.3 Å². The van der Waals surface area contributed by atoms with E-state index in [0.717, 1.165) is 27.7 Å². The number of hydrogen-bond acceptors (Lipinski definition) is 2. The van der Waals surface area contributed by atoms with Crippen LogP contribution in [0.4, 0.5) is 5.82 Å². The van der Waals surface area contributed by atoms with Crippen molar-refractivity contribution < 1.29 is 0 Å². The molecule has 0 amide bonds. The molecule has 1 aromatic carbocycles. The predicted molar refractivity (Wildman–Crippen MR) is 84.3 cm³/mol. The maximum Gasteiger partial charge on any atom is 0.125 e. The van der Waals surface area contributed by atoms with Gasteiger partial charge in [-0.3, -0.25) is 4.68 Å². The molecule has 0 spiro atoms. The maximum absolute atomic E-state index is 6.31. The van der Waals surface area contributed by atoms with Crippen LogP contribution in [0.5, 0.6) is 0 Å². The molecule has 2 N–H and O–H groups in total. The van der Waals surface area contributed by atoms with E-state index in [0.29, 0.717) is 16.8 Å². The van der Waals surface area contributed by atoms with Crippen LogP contribution in [0.1, 0.15) is 19.4 Å². The smallest absolute Gasteiger partial charge is 0.125 e. The summed E-state index contributed by atoms with van der Waals surface area (Å²) < 4.78 is 2.67. The lowest BCUT2D eigenvalue weighted by atomic mass is 9.99. The van der Waals surface area contributed by atoms with E-state index in [2.05, 4.69) is 34.9 Å².